The van der Waals surface area contributed by atoms with Gasteiger partial charge in [-0.15, -0.1) is 0 Å². The Morgan fingerprint density at radius 2 is 1.29 bits per heavy atom. The number of hydrogen-bond acceptors (Lipinski definition) is 7. The molecule has 1 rings (SSSR count). The quantitative estimate of drug-likeness (QED) is 0.560. The minimum atomic E-state index is -0.745. The predicted octanol–water partition coefficient (Wildman–Crippen LogP) is -0.617. The summed E-state index contributed by atoms with van der Waals surface area (Å²) in [4.78, 5) is 24.4. The van der Waals surface area contributed by atoms with Crippen LogP contribution < -0.4 is 16.8 Å². The summed E-state index contributed by atoms with van der Waals surface area (Å²) in [6.45, 7) is 8.15. The molecule has 1 fully saturated rings. The molecule has 7 heteroatoms. The smallest absolute Gasteiger partial charge is 0.311 e. The molecule has 1 saturated heterocycles. The number of carbonyl (C=O) groups excluding carboxylic acids is 2. The Kier molecular flexibility index (Phi) is 5.72. The van der Waals surface area contributed by atoms with E-state index < -0.39 is 35.0 Å². The largest absolute Gasteiger partial charge is 0.458 e. The molecule has 7 nitrogen and oxygen atoms in total. The molecule has 5 N–H and O–H groups in total. The van der Waals surface area contributed by atoms with Crippen LogP contribution in [0.2, 0.25) is 0 Å². The fraction of sp³-hybridized carbons (Fsp3) is 0.857. The van der Waals surface area contributed by atoms with Crippen LogP contribution in [-0.4, -0.2) is 49.3 Å². The van der Waals surface area contributed by atoms with Crippen LogP contribution in [0.1, 0.15) is 27.7 Å². The SMILES string of the molecule is CC(C)(CN)OC(=O)[C@H]1CNC[C@H]1C(=O)OC(C)(C)CN. The van der Waals surface area contributed by atoms with Gasteiger partial charge in [-0.05, 0) is 27.7 Å². The molecule has 21 heavy (non-hydrogen) atoms. The summed E-state index contributed by atoms with van der Waals surface area (Å²) in [6.07, 6.45) is 0. The monoisotopic (exact) mass is 301 g/mol. The van der Waals surface area contributed by atoms with Gasteiger partial charge in [0.1, 0.15) is 11.2 Å². The Balaban J connectivity index is 2.71. The van der Waals surface area contributed by atoms with E-state index in [4.69, 9.17) is 20.9 Å². The van der Waals surface area contributed by atoms with Crippen molar-refractivity contribution in [1.82, 2.24) is 5.32 Å². The maximum atomic E-state index is 12.2. The molecule has 0 bridgehead atoms. The highest BCUT2D eigenvalue weighted by molar-refractivity contribution is 5.83. The van der Waals surface area contributed by atoms with E-state index in [9.17, 15) is 9.59 Å². The van der Waals surface area contributed by atoms with Gasteiger partial charge in [-0.1, -0.05) is 0 Å². The first-order valence-corrected chi connectivity index (χ1v) is 7.18. The topological polar surface area (TPSA) is 117 Å². The van der Waals surface area contributed by atoms with Gasteiger partial charge in [-0.25, -0.2) is 0 Å². The average molecular weight is 301 g/mol. The minimum absolute atomic E-state index is 0.216. The molecule has 2 atom stereocenters. The Hall–Kier alpha value is -1.18. The standard InChI is InChI=1S/C14H27N3O4/c1-13(2,7-15)20-11(18)9-5-17-6-10(9)12(19)21-14(3,4)8-16/h9-10,17H,5-8,15-16H2,1-4H3/t9-,10+. The fourth-order valence-corrected chi connectivity index (χ4v) is 1.95. The lowest BCUT2D eigenvalue weighted by Crippen LogP contribution is -2.43. The highest BCUT2D eigenvalue weighted by Gasteiger charge is 2.42. The Morgan fingerprint density at radius 3 is 1.57 bits per heavy atom. The van der Waals surface area contributed by atoms with Gasteiger partial charge >= 0.3 is 11.9 Å². The first kappa shape index (κ1) is 17.9. The van der Waals surface area contributed by atoms with E-state index in [1.54, 1.807) is 27.7 Å². The van der Waals surface area contributed by atoms with E-state index in [-0.39, 0.29) is 13.1 Å². The fourth-order valence-electron chi connectivity index (χ4n) is 1.95. The van der Waals surface area contributed by atoms with Crippen molar-refractivity contribution in [3.05, 3.63) is 0 Å². The summed E-state index contributed by atoms with van der Waals surface area (Å²) in [7, 11) is 0. The maximum absolute atomic E-state index is 12.2. The van der Waals surface area contributed by atoms with E-state index in [0.29, 0.717) is 13.1 Å². The van der Waals surface area contributed by atoms with Gasteiger partial charge in [0.2, 0.25) is 0 Å². The number of nitrogens with two attached hydrogens (primary N) is 2. The number of ether oxygens (including phenoxy) is 2. The predicted molar refractivity (Wildman–Crippen MR) is 78.3 cm³/mol. The number of hydrogen-bond donors (Lipinski definition) is 3. The highest BCUT2D eigenvalue weighted by atomic mass is 16.6. The molecule has 0 spiro atoms. The summed E-state index contributed by atoms with van der Waals surface area (Å²) in [5.41, 5.74) is 9.61. The van der Waals surface area contributed by atoms with Crippen molar-refractivity contribution < 1.29 is 19.1 Å². The zero-order chi connectivity index (χ0) is 16.3. The van der Waals surface area contributed by atoms with Crippen LogP contribution in [0.5, 0.6) is 0 Å². The summed E-state index contributed by atoms with van der Waals surface area (Å²) >= 11 is 0. The number of rotatable bonds is 6. The maximum Gasteiger partial charge on any atom is 0.311 e. The molecular formula is C14H27N3O4. The normalized spacial score (nSPS) is 23.0. The molecule has 0 saturated carbocycles. The average Bonchev–Trinajstić information content (AvgIpc) is 2.87. The zero-order valence-corrected chi connectivity index (χ0v) is 13.3. The second kappa shape index (κ2) is 6.72. The van der Waals surface area contributed by atoms with Crippen LogP contribution in [0.15, 0.2) is 0 Å². The van der Waals surface area contributed by atoms with Gasteiger partial charge in [-0.3, -0.25) is 9.59 Å². The van der Waals surface area contributed by atoms with Crippen LogP contribution in [0.4, 0.5) is 0 Å². The van der Waals surface area contributed by atoms with E-state index in [2.05, 4.69) is 5.32 Å². The van der Waals surface area contributed by atoms with Crippen LogP contribution in [0.3, 0.4) is 0 Å². The van der Waals surface area contributed by atoms with Gasteiger partial charge < -0.3 is 26.3 Å². The van der Waals surface area contributed by atoms with Crippen molar-refractivity contribution in [2.24, 2.45) is 23.3 Å². The van der Waals surface area contributed by atoms with E-state index in [0.717, 1.165) is 0 Å². The lowest BCUT2D eigenvalue weighted by Gasteiger charge is -2.28. The summed E-state index contributed by atoms with van der Waals surface area (Å²) < 4.78 is 10.7. The summed E-state index contributed by atoms with van der Waals surface area (Å²) in [6, 6.07) is 0. The van der Waals surface area contributed by atoms with Gasteiger partial charge in [0, 0.05) is 26.2 Å². The molecule has 1 aliphatic rings. The molecule has 0 aromatic heterocycles. The molecule has 0 aromatic carbocycles. The van der Waals surface area contributed by atoms with Crippen LogP contribution in [0.25, 0.3) is 0 Å². The van der Waals surface area contributed by atoms with Crippen molar-refractivity contribution in [1.29, 1.82) is 0 Å². The molecule has 0 unspecified atom stereocenters. The van der Waals surface area contributed by atoms with Crippen molar-refractivity contribution in [2.45, 2.75) is 38.9 Å². The molecule has 1 aliphatic heterocycles. The van der Waals surface area contributed by atoms with Crippen LogP contribution >= 0.6 is 0 Å². The number of nitrogens with one attached hydrogen (secondary N) is 1. The first-order valence-electron chi connectivity index (χ1n) is 7.18. The Labute approximate surface area is 125 Å². The molecule has 0 aromatic rings. The number of esters is 2. The molecule has 0 amide bonds. The second-order valence-electron chi connectivity index (χ2n) is 6.64. The van der Waals surface area contributed by atoms with Gasteiger partial charge in [0.25, 0.3) is 0 Å². The number of carbonyl (C=O) groups is 2. The third-order valence-corrected chi connectivity index (χ3v) is 3.56. The van der Waals surface area contributed by atoms with E-state index >= 15 is 0 Å². The third kappa shape index (κ3) is 4.94. The van der Waals surface area contributed by atoms with Gasteiger partial charge in [0.05, 0.1) is 11.8 Å². The lowest BCUT2D eigenvalue weighted by molar-refractivity contribution is -0.171. The summed E-state index contributed by atoms with van der Waals surface area (Å²) in [5, 5.41) is 3.03. The molecule has 0 aliphatic carbocycles. The van der Waals surface area contributed by atoms with Gasteiger partial charge in [0.15, 0.2) is 0 Å². The molecule has 122 valence electrons. The summed E-state index contributed by atoms with van der Waals surface area (Å²) in [5.74, 6) is -1.97. The third-order valence-electron chi connectivity index (χ3n) is 3.56. The van der Waals surface area contributed by atoms with Gasteiger partial charge in [-0.2, -0.15) is 0 Å². The molecule has 1 heterocycles. The van der Waals surface area contributed by atoms with E-state index in [1.165, 1.54) is 0 Å². The Morgan fingerprint density at radius 1 is 0.952 bits per heavy atom. The van der Waals surface area contributed by atoms with E-state index in [1.807, 2.05) is 0 Å². The van der Waals surface area contributed by atoms with Crippen molar-refractivity contribution >= 4 is 11.9 Å². The van der Waals surface area contributed by atoms with Crippen LogP contribution in [0, 0.1) is 11.8 Å². The second-order valence-corrected chi connectivity index (χ2v) is 6.64. The Bertz CT molecular complexity index is 360. The molecular weight excluding hydrogens is 274 g/mol. The van der Waals surface area contributed by atoms with Crippen molar-refractivity contribution in [3.63, 3.8) is 0 Å². The minimum Gasteiger partial charge on any atom is -0.458 e. The molecule has 0 radical (unpaired) electrons. The lowest BCUT2D eigenvalue weighted by atomic mass is 9.95. The van der Waals surface area contributed by atoms with Crippen LogP contribution in [-0.2, 0) is 19.1 Å². The zero-order valence-electron chi connectivity index (χ0n) is 13.3. The highest BCUT2D eigenvalue weighted by Crippen LogP contribution is 2.24. The van der Waals surface area contributed by atoms with Crippen molar-refractivity contribution in [2.75, 3.05) is 26.2 Å². The van der Waals surface area contributed by atoms with Crippen molar-refractivity contribution in [3.8, 4) is 0 Å². The first-order chi connectivity index (χ1) is 9.62.